The maximum Gasteiger partial charge on any atom is 0.228 e. The van der Waals surface area contributed by atoms with E-state index in [-0.39, 0.29) is 11.8 Å². The van der Waals surface area contributed by atoms with E-state index in [0.717, 1.165) is 17.7 Å². The van der Waals surface area contributed by atoms with E-state index in [9.17, 15) is 4.79 Å². The van der Waals surface area contributed by atoms with Gasteiger partial charge in [0.2, 0.25) is 5.91 Å². The van der Waals surface area contributed by atoms with Crippen molar-refractivity contribution in [2.24, 2.45) is 5.92 Å². The number of benzene rings is 1. The standard InChI is InChI=1S/C15H18N2OS/c1-4-11(3)14(18)17-15-16-13(9-19-15)12-7-5-10(2)6-8-12/h5-9,11H,4H2,1-3H3,(H,16,17,18). The van der Waals surface area contributed by atoms with Gasteiger partial charge in [0, 0.05) is 16.9 Å². The van der Waals surface area contributed by atoms with Gasteiger partial charge in [0.15, 0.2) is 5.13 Å². The molecule has 1 heterocycles. The number of carbonyl (C=O) groups is 1. The van der Waals surface area contributed by atoms with Crippen LogP contribution in [0.4, 0.5) is 5.13 Å². The fourth-order valence-corrected chi connectivity index (χ4v) is 2.32. The van der Waals surface area contributed by atoms with E-state index in [1.807, 2.05) is 31.4 Å². The Morgan fingerprint density at radius 1 is 1.37 bits per heavy atom. The molecule has 1 unspecified atom stereocenters. The first kappa shape index (κ1) is 13.7. The maximum atomic E-state index is 11.8. The molecule has 0 saturated carbocycles. The Hall–Kier alpha value is -1.68. The topological polar surface area (TPSA) is 42.0 Å². The number of rotatable bonds is 4. The number of thiazole rings is 1. The molecular weight excluding hydrogens is 256 g/mol. The molecule has 1 aromatic heterocycles. The number of nitrogens with zero attached hydrogens (tertiary/aromatic N) is 1. The predicted molar refractivity (Wildman–Crippen MR) is 80.4 cm³/mol. The number of aromatic nitrogens is 1. The Morgan fingerprint density at radius 3 is 2.68 bits per heavy atom. The van der Waals surface area contributed by atoms with Crippen molar-refractivity contribution in [3.05, 3.63) is 35.2 Å². The Morgan fingerprint density at radius 2 is 2.05 bits per heavy atom. The second-order valence-corrected chi connectivity index (χ2v) is 5.56. The summed E-state index contributed by atoms with van der Waals surface area (Å²) < 4.78 is 0. The van der Waals surface area contributed by atoms with Crippen LogP contribution in [0.1, 0.15) is 25.8 Å². The van der Waals surface area contributed by atoms with Crippen molar-refractivity contribution in [2.75, 3.05) is 5.32 Å². The molecule has 1 atom stereocenters. The minimum absolute atomic E-state index is 0.0201. The summed E-state index contributed by atoms with van der Waals surface area (Å²) >= 11 is 1.46. The van der Waals surface area contributed by atoms with Gasteiger partial charge in [0.25, 0.3) is 0 Å². The van der Waals surface area contributed by atoms with Crippen molar-refractivity contribution >= 4 is 22.4 Å². The minimum atomic E-state index is 0.0201. The molecule has 1 aromatic carbocycles. The van der Waals surface area contributed by atoms with Crippen molar-refractivity contribution in [1.29, 1.82) is 0 Å². The number of aryl methyl sites for hydroxylation is 1. The molecule has 0 aliphatic heterocycles. The highest BCUT2D eigenvalue weighted by atomic mass is 32.1. The Kier molecular flexibility index (Phi) is 4.32. The van der Waals surface area contributed by atoms with E-state index in [1.54, 1.807) is 0 Å². The third-order valence-electron chi connectivity index (χ3n) is 3.14. The van der Waals surface area contributed by atoms with Crippen LogP contribution in [0.15, 0.2) is 29.6 Å². The molecule has 4 heteroatoms. The lowest BCUT2D eigenvalue weighted by Crippen LogP contribution is -2.19. The zero-order valence-corrected chi connectivity index (χ0v) is 12.3. The predicted octanol–water partition coefficient (Wildman–Crippen LogP) is 4.10. The molecule has 2 rings (SSSR count). The third kappa shape index (κ3) is 3.41. The molecule has 0 spiro atoms. The van der Waals surface area contributed by atoms with Crippen molar-refractivity contribution in [2.45, 2.75) is 27.2 Å². The summed E-state index contributed by atoms with van der Waals surface area (Å²) in [4.78, 5) is 16.2. The van der Waals surface area contributed by atoms with Crippen LogP contribution >= 0.6 is 11.3 Å². The number of hydrogen-bond donors (Lipinski definition) is 1. The van der Waals surface area contributed by atoms with Crippen LogP contribution in [0.25, 0.3) is 11.3 Å². The monoisotopic (exact) mass is 274 g/mol. The van der Waals surface area contributed by atoms with Gasteiger partial charge >= 0.3 is 0 Å². The molecule has 1 amide bonds. The normalized spacial score (nSPS) is 12.2. The van der Waals surface area contributed by atoms with Crippen LogP contribution in [0.3, 0.4) is 0 Å². The molecule has 0 fully saturated rings. The Balaban J connectivity index is 2.11. The summed E-state index contributed by atoms with van der Waals surface area (Å²) in [6, 6.07) is 8.22. The summed E-state index contributed by atoms with van der Waals surface area (Å²) in [6.07, 6.45) is 0.835. The molecule has 0 saturated heterocycles. The number of anilines is 1. The fourth-order valence-electron chi connectivity index (χ4n) is 1.60. The van der Waals surface area contributed by atoms with E-state index in [2.05, 4.69) is 29.4 Å². The molecule has 100 valence electrons. The largest absolute Gasteiger partial charge is 0.302 e. The molecular formula is C15H18N2OS. The van der Waals surface area contributed by atoms with Crippen molar-refractivity contribution < 1.29 is 4.79 Å². The van der Waals surface area contributed by atoms with Gasteiger partial charge < -0.3 is 5.32 Å². The smallest absolute Gasteiger partial charge is 0.228 e. The van der Waals surface area contributed by atoms with Gasteiger partial charge in [-0.1, -0.05) is 43.7 Å². The van der Waals surface area contributed by atoms with Crippen molar-refractivity contribution in [1.82, 2.24) is 4.98 Å². The van der Waals surface area contributed by atoms with Gasteiger partial charge in [-0.05, 0) is 13.3 Å². The van der Waals surface area contributed by atoms with Gasteiger partial charge in [-0.15, -0.1) is 11.3 Å². The SMILES string of the molecule is CCC(C)C(=O)Nc1nc(-c2ccc(C)cc2)cs1. The molecule has 3 nitrogen and oxygen atoms in total. The van der Waals surface area contributed by atoms with Crippen LogP contribution in [0, 0.1) is 12.8 Å². The van der Waals surface area contributed by atoms with Crippen LogP contribution in [-0.4, -0.2) is 10.9 Å². The van der Waals surface area contributed by atoms with Crippen molar-refractivity contribution in [3.8, 4) is 11.3 Å². The summed E-state index contributed by atoms with van der Waals surface area (Å²) in [5.41, 5.74) is 3.21. The number of nitrogens with one attached hydrogen (secondary N) is 1. The highest BCUT2D eigenvalue weighted by Gasteiger charge is 2.12. The molecule has 0 aliphatic carbocycles. The number of carbonyl (C=O) groups excluding carboxylic acids is 1. The van der Waals surface area contributed by atoms with Crippen LogP contribution in [-0.2, 0) is 4.79 Å². The number of amides is 1. The van der Waals surface area contributed by atoms with E-state index in [4.69, 9.17) is 0 Å². The molecule has 1 N–H and O–H groups in total. The van der Waals surface area contributed by atoms with Gasteiger partial charge in [-0.2, -0.15) is 0 Å². The quantitative estimate of drug-likeness (QED) is 0.912. The van der Waals surface area contributed by atoms with Gasteiger partial charge in [-0.25, -0.2) is 4.98 Å². The van der Waals surface area contributed by atoms with Crippen LogP contribution < -0.4 is 5.32 Å². The molecule has 0 aliphatic rings. The first-order valence-corrected chi connectivity index (χ1v) is 7.31. The minimum Gasteiger partial charge on any atom is -0.302 e. The van der Waals surface area contributed by atoms with Crippen LogP contribution in [0.5, 0.6) is 0 Å². The third-order valence-corrected chi connectivity index (χ3v) is 3.90. The van der Waals surface area contributed by atoms with Gasteiger partial charge in [0.1, 0.15) is 0 Å². The average molecular weight is 274 g/mol. The molecule has 0 bridgehead atoms. The van der Waals surface area contributed by atoms with E-state index < -0.39 is 0 Å². The summed E-state index contributed by atoms with van der Waals surface area (Å²) in [5.74, 6) is 0.0547. The highest BCUT2D eigenvalue weighted by Crippen LogP contribution is 2.25. The lowest BCUT2D eigenvalue weighted by Gasteiger charge is -2.06. The summed E-state index contributed by atoms with van der Waals surface area (Å²) in [7, 11) is 0. The zero-order chi connectivity index (χ0) is 13.8. The summed E-state index contributed by atoms with van der Waals surface area (Å²) in [6.45, 7) is 5.98. The Labute approximate surface area is 117 Å². The Bertz CT molecular complexity index is 560. The summed E-state index contributed by atoms with van der Waals surface area (Å²) in [5, 5.41) is 5.50. The first-order valence-electron chi connectivity index (χ1n) is 6.43. The van der Waals surface area contributed by atoms with E-state index in [1.165, 1.54) is 16.9 Å². The second kappa shape index (κ2) is 5.97. The lowest BCUT2D eigenvalue weighted by atomic mass is 10.1. The van der Waals surface area contributed by atoms with Crippen LogP contribution in [0.2, 0.25) is 0 Å². The zero-order valence-electron chi connectivity index (χ0n) is 11.4. The fraction of sp³-hybridized carbons (Fsp3) is 0.333. The van der Waals surface area contributed by atoms with E-state index >= 15 is 0 Å². The molecule has 19 heavy (non-hydrogen) atoms. The molecule has 2 aromatic rings. The molecule has 0 radical (unpaired) electrons. The lowest BCUT2D eigenvalue weighted by molar-refractivity contribution is -0.119. The van der Waals surface area contributed by atoms with E-state index in [0.29, 0.717) is 5.13 Å². The highest BCUT2D eigenvalue weighted by molar-refractivity contribution is 7.14. The average Bonchev–Trinajstić information content (AvgIpc) is 2.87. The van der Waals surface area contributed by atoms with Crippen molar-refractivity contribution in [3.63, 3.8) is 0 Å². The number of hydrogen-bond acceptors (Lipinski definition) is 3. The maximum absolute atomic E-state index is 11.8. The second-order valence-electron chi connectivity index (χ2n) is 4.70. The first-order chi connectivity index (χ1) is 9.10. The van der Waals surface area contributed by atoms with Gasteiger partial charge in [0.05, 0.1) is 5.69 Å². The van der Waals surface area contributed by atoms with Gasteiger partial charge in [-0.3, -0.25) is 4.79 Å².